The van der Waals surface area contributed by atoms with Gasteiger partial charge in [-0.05, 0) is 6.92 Å². The molecule has 0 spiro atoms. The first-order valence-electron chi connectivity index (χ1n) is 2.40. The Hall–Kier alpha value is -1.26. The molecule has 5 nitrogen and oxygen atoms in total. The van der Waals surface area contributed by atoms with E-state index >= 15 is 0 Å². The lowest BCUT2D eigenvalue weighted by molar-refractivity contribution is 0.157. The Morgan fingerprint density at radius 1 is 2.00 bits per heavy atom. The molecule has 0 rings (SSSR count). The summed E-state index contributed by atoms with van der Waals surface area (Å²) in [7, 11) is 0. The molecule has 0 aromatic carbocycles. The van der Waals surface area contributed by atoms with Crippen molar-refractivity contribution < 1.29 is 14.7 Å². The molecule has 0 aliphatic rings. The van der Waals surface area contributed by atoms with Crippen molar-refractivity contribution in [1.82, 2.24) is 5.32 Å². The number of oxime groups is 1. The second-order valence-corrected chi connectivity index (χ2v) is 1.11. The van der Waals surface area contributed by atoms with Crippen LogP contribution in [-0.2, 0) is 4.74 Å². The summed E-state index contributed by atoms with van der Waals surface area (Å²) in [6.45, 7) is 1.97. The Kier molecular flexibility index (Phi) is 4.20. The van der Waals surface area contributed by atoms with Crippen molar-refractivity contribution in [3.8, 4) is 0 Å². The van der Waals surface area contributed by atoms with Gasteiger partial charge in [0.15, 0.2) is 0 Å². The Morgan fingerprint density at radius 3 is 3.11 bits per heavy atom. The maximum atomic E-state index is 10.3. The minimum atomic E-state index is -0.629. The second kappa shape index (κ2) is 4.89. The summed E-state index contributed by atoms with van der Waals surface area (Å²) in [6.07, 6.45) is 0.202. The molecule has 0 radical (unpaired) electrons. The SMILES string of the molecule is CCOC(=O)NC=NO. The van der Waals surface area contributed by atoms with Crippen LogP contribution in [-0.4, -0.2) is 24.2 Å². The molecule has 0 aromatic heterocycles. The van der Waals surface area contributed by atoms with Crippen molar-refractivity contribution in [2.24, 2.45) is 5.16 Å². The summed E-state index contributed by atoms with van der Waals surface area (Å²) in [5.74, 6) is 0. The predicted octanol–water partition coefficient (Wildman–Crippen LogP) is 0.150. The van der Waals surface area contributed by atoms with Gasteiger partial charge in [0.1, 0.15) is 6.34 Å². The van der Waals surface area contributed by atoms with Gasteiger partial charge >= 0.3 is 6.09 Å². The maximum Gasteiger partial charge on any atom is 0.412 e. The summed E-state index contributed by atoms with van der Waals surface area (Å²) in [5, 5.41) is 12.3. The lowest BCUT2D eigenvalue weighted by atomic mass is 10.9. The molecule has 0 fully saturated rings. The van der Waals surface area contributed by atoms with E-state index in [4.69, 9.17) is 5.21 Å². The Bertz CT molecular complexity index is 112. The van der Waals surface area contributed by atoms with Crippen LogP contribution in [0.25, 0.3) is 0 Å². The summed E-state index contributed by atoms with van der Waals surface area (Å²) in [6, 6.07) is 0. The van der Waals surface area contributed by atoms with Crippen molar-refractivity contribution in [2.45, 2.75) is 6.92 Å². The molecule has 52 valence electrons. The van der Waals surface area contributed by atoms with E-state index in [1.807, 2.05) is 5.32 Å². The molecule has 0 aliphatic heterocycles. The fourth-order valence-corrected chi connectivity index (χ4v) is 0.254. The molecule has 0 aliphatic carbocycles. The highest BCUT2D eigenvalue weighted by atomic mass is 16.5. The van der Waals surface area contributed by atoms with E-state index in [2.05, 4.69) is 9.89 Å². The molecule has 9 heavy (non-hydrogen) atoms. The van der Waals surface area contributed by atoms with Gasteiger partial charge in [0.05, 0.1) is 6.61 Å². The van der Waals surface area contributed by atoms with Crippen LogP contribution in [0, 0.1) is 0 Å². The maximum absolute atomic E-state index is 10.3. The minimum Gasteiger partial charge on any atom is -0.450 e. The largest absolute Gasteiger partial charge is 0.450 e. The molecule has 0 saturated heterocycles. The smallest absolute Gasteiger partial charge is 0.412 e. The third kappa shape index (κ3) is 4.60. The number of ether oxygens (including phenoxy) is 1. The second-order valence-electron chi connectivity index (χ2n) is 1.11. The van der Waals surface area contributed by atoms with Crippen molar-refractivity contribution in [2.75, 3.05) is 6.61 Å². The molecule has 5 heteroatoms. The number of hydrogen-bond acceptors (Lipinski definition) is 4. The van der Waals surface area contributed by atoms with E-state index in [-0.39, 0.29) is 0 Å². The van der Waals surface area contributed by atoms with Gasteiger partial charge in [-0.1, -0.05) is 5.16 Å². The zero-order valence-corrected chi connectivity index (χ0v) is 5.00. The van der Waals surface area contributed by atoms with Crippen LogP contribution in [0.5, 0.6) is 0 Å². The lowest BCUT2D eigenvalue weighted by Crippen LogP contribution is -2.22. The molecule has 0 atom stereocenters. The lowest BCUT2D eigenvalue weighted by Gasteiger charge is -1.96. The van der Waals surface area contributed by atoms with Crippen LogP contribution in [0.1, 0.15) is 6.92 Å². The number of alkyl carbamates (subject to hydrolysis) is 1. The standard InChI is InChI=1S/C4H8N2O3/c1-2-9-4(7)5-3-6-8/h3,8H,2H2,1H3,(H,5,6,7). The van der Waals surface area contributed by atoms with Gasteiger partial charge in [0.25, 0.3) is 0 Å². The van der Waals surface area contributed by atoms with Gasteiger partial charge < -0.3 is 9.94 Å². The van der Waals surface area contributed by atoms with E-state index in [9.17, 15) is 4.79 Å². The predicted molar refractivity (Wildman–Crippen MR) is 30.4 cm³/mol. The van der Waals surface area contributed by atoms with Crippen LogP contribution in [0.4, 0.5) is 4.79 Å². The highest BCUT2D eigenvalue weighted by Gasteiger charge is 1.93. The van der Waals surface area contributed by atoms with Crippen LogP contribution in [0.15, 0.2) is 5.16 Å². The summed E-state index contributed by atoms with van der Waals surface area (Å²) >= 11 is 0. The topological polar surface area (TPSA) is 70.9 Å². The van der Waals surface area contributed by atoms with Crippen LogP contribution in [0.2, 0.25) is 0 Å². The number of rotatable bonds is 2. The molecule has 0 saturated carbocycles. The number of amides is 1. The van der Waals surface area contributed by atoms with Crippen molar-refractivity contribution in [3.63, 3.8) is 0 Å². The molecule has 0 aromatic rings. The van der Waals surface area contributed by atoms with Crippen LogP contribution in [0.3, 0.4) is 0 Å². The quantitative estimate of drug-likeness (QED) is 0.243. The highest BCUT2D eigenvalue weighted by molar-refractivity contribution is 5.81. The van der Waals surface area contributed by atoms with Crippen molar-refractivity contribution in [3.05, 3.63) is 0 Å². The number of hydrogen-bond donors (Lipinski definition) is 2. The molecule has 0 bridgehead atoms. The first-order chi connectivity index (χ1) is 4.31. The Labute approximate surface area is 52.3 Å². The molecule has 1 amide bonds. The van der Waals surface area contributed by atoms with E-state index in [0.29, 0.717) is 6.61 Å². The minimum absolute atomic E-state index is 0.297. The fourth-order valence-electron chi connectivity index (χ4n) is 0.254. The van der Waals surface area contributed by atoms with E-state index in [0.717, 1.165) is 6.34 Å². The molecular formula is C4H8N2O3. The van der Waals surface area contributed by atoms with Gasteiger partial charge in [-0.3, -0.25) is 5.32 Å². The third-order valence-corrected chi connectivity index (χ3v) is 0.516. The third-order valence-electron chi connectivity index (χ3n) is 0.516. The first kappa shape index (κ1) is 7.74. The first-order valence-corrected chi connectivity index (χ1v) is 2.40. The summed E-state index contributed by atoms with van der Waals surface area (Å²) in [5.41, 5.74) is 0. The van der Waals surface area contributed by atoms with E-state index < -0.39 is 6.09 Å². The zero-order valence-electron chi connectivity index (χ0n) is 5.00. The molecule has 0 heterocycles. The van der Waals surface area contributed by atoms with E-state index in [1.165, 1.54) is 0 Å². The van der Waals surface area contributed by atoms with Crippen LogP contribution < -0.4 is 5.32 Å². The Balaban J connectivity index is 3.27. The van der Waals surface area contributed by atoms with Gasteiger partial charge in [0, 0.05) is 0 Å². The number of carbonyl (C=O) groups excluding carboxylic acids is 1. The fraction of sp³-hybridized carbons (Fsp3) is 0.500. The summed E-state index contributed by atoms with van der Waals surface area (Å²) < 4.78 is 4.39. The van der Waals surface area contributed by atoms with Crippen molar-refractivity contribution in [1.29, 1.82) is 0 Å². The number of nitrogens with one attached hydrogen (secondary N) is 1. The molecule has 2 N–H and O–H groups in total. The highest BCUT2D eigenvalue weighted by Crippen LogP contribution is 1.71. The van der Waals surface area contributed by atoms with Crippen molar-refractivity contribution >= 4 is 12.4 Å². The summed E-state index contributed by atoms with van der Waals surface area (Å²) in [4.78, 5) is 10.3. The Morgan fingerprint density at radius 2 is 2.67 bits per heavy atom. The monoisotopic (exact) mass is 132 g/mol. The van der Waals surface area contributed by atoms with Gasteiger partial charge in [-0.15, -0.1) is 0 Å². The zero-order chi connectivity index (χ0) is 7.11. The number of nitrogens with zero attached hydrogens (tertiary/aromatic N) is 1. The number of carbonyl (C=O) groups is 1. The average molecular weight is 132 g/mol. The van der Waals surface area contributed by atoms with Gasteiger partial charge in [-0.25, -0.2) is 4.79 Å². The average Bonchev–Trinajstić information content (AvgIpc) is 1.85. The molecular weight excluding hydrogens is 124 g/mol. The van der Waals surface area contributed by atoms with Crippen LogP contribution >= 0.6 is 0 Å². The van der Waals surface area contributed by atoms with Gasteiger partial charge in [-0.2, -0.15) is 0 Å². The van der Waals surface area contributed by atoms with E-state index in [1.54, 1.807) is 6.92 Å². The normalized spacial score (nSPS) is 9.44. The van der Waals surface area contributed by atoms with Gasteiger partial charge in [0.2, 0.25) is 0 Å². The molecule has 0 unspecified atom stereocenters.